The maximum atomic E-state index is 12.8. The van der Waals surface area contributed by atoms with Crippen molar-refractivity contribution in [3.8, 4) is 0 Å². The lowest BCUT2D eigenvalue weighted by Gasteiger charge is -2.30. The first-order chi connectivity index (χ1) is 12.8. The third-order valence-corrected chi connectivity index (χ3v) is 7.32. The molecular formula is C17H25N3O5S2. The minimum absolute atomic E-state index is 0.0382. The van der Waals surface area contributed by atoms with Gasteiger partial charge in [-0.3, -0.25) is 9.59 Å². The number of amides is 1. The molecule has 0 spiro atoms. The summed E-state index contributed by atoms with van der Waals surface area (Å²) < 4.78 is 31.4. The van der Waals surface area contributed by atoms with Crippen molar-refractivity contribution < 1.29 is 22.7 Å². The summed E-state index contributed by atoms with van der Waals surface area (Å²) in [5.41, 5.74) is 0. The zero-order valence-electron chi connectivity index (χ0n) is 15.5. The maximum Gasteiger partial charge on any atom is 0.325 e. The van der Waals surface area contributed by atoms with E-state index in [1.165, 1.54) is 23.7 Å². The Bertz CT molecular complexity index is 746. The monoisotopic (exact) mass is 415 g/mol. The largest absolute Gasteiger partial charge is 0.468 e. The summed E-state index contributed by atoms with van der Waals surface area (Å²) in [5, 5.41) is 2.96. The number of hydrogen-bond donors (Lipinski definition) is 1. The lowest BCUT2D eigenvalue weighted by molar-refractivity contribution is -0.140. The van der Waals surface area contributed by atoms with Crippen LogP contribution in [-0.4, -0.2) is 62.1 Å². The fourth-order valence-corrected chi connectivity index (χ4v) is 4.88. The van der Waals surface area contributed by atoms with Crippen molar-refractivity contribution >= 4 is 33.7 Å². The van der Waals surface area contributed by atoms with Gasteiger partial charge in [-0.15, -0.1) is 0 Å². The van der Waals surface area contributed by atoms with E-state index in [1.54, 1.807) is 13.1 Å². The normalized spacial score (nSPS) is 15.5. The summed E-state index contributed by atoms with van der Waals surface area (Å²) in [6.45, 7) is -0.187. The van der Waals surface area contributed by atoms with Crippen LogP contribution in [-0.2, 0) is 24.3 Å². The van der Waals surface area contributed by atoms with E-state index >= 15 is 0 Å². The van der Waals surface area contributed by atoms with Gasteiger partial charge in [-0.2, -0.15) is 4.31 Å². The predicted molar refractivity (Wildman–Crippen MR) is 102 cm³/mol. The molecule has 8 nitrogen and oxygen atoms in total. The van der Waals surface area contributed by atoms with Crippen LogP contribution in [0.4, 0.5) is 0 Å². The van der Waals surface area contributed by atoms with Gasteiger partial charge in [0, 0.05) is 19.3 Å². The molecule has 0 bridgehead atoms. The summed E-state index contributed by atoms with van der Waals surface area (Å²) in [6, 6.07) is 3.13. The third kappa shape index (κ3) is 6.18. The topological polar surface area (TPSA) is 106 Å². The first-order valence-electron chi connectivity index (χ1n) is 8.75. The van der Waals surface area contributed by atoms with Crippen LogP contribution in [0.5, 0.6) is 0 Å². The van der Waals surface area contributed by atoms with Gasteiger partial charge >= 0.3 is 5.97 Å². The summed E-state index contributed by atoms with van der Waals surface area (Å²) in [4.78, 5) is 26.9. The Balaban J connectivity index is 1.91. The molecule has 27 heavy (non-hydrogen) atoms. The fourth-order valence-electron chi connectivity index (χ4n) is 2.85. The Labute approximate surface area is 164 Å². The number of methoxy groups -OCH3 is 1. The second kappa shape index (κ2) is 10.0. The van der Waals surface area contributed by atoms with Crippen molar-refractivity contribution in [2.45, 2.75) is 48.1 Å². The van der Waals surface area contributed by atoms with Gasteiger partial charge in [-0.05, 0) is 25.0 Å². The van der Waals surface area contributed by atoms with Crippen LogP contribution < -0.4 is 5.32 Å². The maximum absolute atomic E-state index is 12.8. The molecule has 1 aliphatic rings. The number of carbonyl (C=O) groups excluding carboxylic acids is 2. The van der Waals surface area contributed by atoms with Crippen LogP contribution >= 0.6 is 11.8 Å². The summed E-state index contributed by atoms with van der Waals surface area (Å²) in [6.07, 6.45) is 6.36. The predicted octanol–water partition coefficient (Wildman–Crippen LogP) is 1.42. The highest BCUT2D eigenvalue weighted by molar-refractivity contribution is 7.99. The van der Waals surface area contributed by atoms with Crippen molar-refractivity contribution in [2.75, 3.05) is 26.5 Å². The molecule has 1 amide bonds. The smallest absolute Gasteiger partial charge is 0.325 e. The van der Waals surface area contributed by atoms with Crippen molar-refractivity contribution in [3.05, 3.63) is 18.3 Å². The summed E-state index contributed by atoms with van der Waals surface area (Å²) >= 11 is 1.16. The molecular weight excluding hydrogens is 390 g/mol. The number of pyridine rings is 1. The second-order valence-corrected chi connectivity index (χ2v) is 9.28. The quantitative estimate of drug-likeness (QED) is 0.505. The number of esters is 1. The number of ether oxygens (including phenoxy) is 1. The van der Waals surface area contributed by atoms with Gasteiger partial charge in [-0.25, -0.2) is 13.4 Å². The molecule has 150 valence electrons. The average Bonchev–Trinajstić information content (AvgIpc) is 2.70. The van der Waals surface area contributed by atoms with E-state index in [2.05, 4.69) is 15.0 Å². The minimum Gasteiger partial charge on any atom is -0.468 e. The number of rotatable bonds is 8. The van der Waals surface area contributed by atoms with Crippen LogP contribution in [0.15, 0.2) is 28.3 Å². The van der Waals surface area contributed by atoms with E-state index < -0.39 is 16.0 Å². The Morgan fingerprint density at radius 1 is 1.30 bits per heavy atom. The van der Waals surface area contributed by atoms with E-state index in [9.17, 15) is 18.0 Å². The molecule has 0 saturated heterocycles. The molecule has 1 N–H and O–H groups in total. The fraction of sp³-hybridized carbons (Fsp3) is 0.588. The van der Waals surface area contributed by atoms with E-state index in [0.717, 1.165) is 43.9 Å². The molecule has 1 aromatic rings. The van der Waals surface area contributed by atoms with Gasteiger partial charge in [0.05, 0.1) is 17.9 Å². The van der Waals surface area contributed by atoms with Crippen LogP contribution in [0.2, 0.25) is 0 Å². The van der Waals surface area contributed by atoms with Crippen molar-refractivity contribution in [1.82, 2.24) is 14.6 Å². The van der Waals surface area contributed by atoms with E-state index in [4.69, 9.17) is 0 Å². The molecule has 0 aliphatic heterocycles. The zero-order chi connectivity index (χ0) is 19.9. The Morgan fingerprint density at radius 3 is 2.59 bits per heavy atom. The van der Waals surface area contributed by atoms with Crippen LogP contribution in [0.1, 0.15) is 32.1 Å². The number of aromatic nitrogens is 1. The van der Waals surface area contributed by atoms with Gasteiger partial charge in [0.2, 0.25) is 15.9 Å². The molecule has 2 rings (SSSR count). The number of sulfonamides is 1. The second-order valence-electron chi connectivity index (χ2n) is 6.29. The first kappa shape index (κ1) is 21.6. The highest BCUT2D eigenvalue weighted by atomic mass is 32.2. The standard InChI is InChI=1S/C17H25N3O5S2/c1-20(13-6-4-3-5-7-13)27(23,24)14-8-9-16(19-10-14)26-12-15(21)18-11-17(22)25-2/h8-10,13H,3-7,11-12H2,1-2H3,(H,18,21). The highest BCUT2D eigenvalue weighted by Gasteiger charge is 2.29. The molecule has 1 heterocycles. The van der Waals surface area contributed by atoms with E-state index in [0.29, 0.717) is 5.03 Å². The minimum atomic E-state index is -3.58. The van der Waals surface area contributed by atoms with Gasteiger partial charge in [0.1, 0.15) is 11.4 Å². The molecule has 10 heteroatoms. The molecule has 0 radical (unpaired) electrons. The lowest BCUT2D eigenvalue weighted by atomic mass is 9.96. The molecule has 1 fully saturated rings. The van der Waals surface area contributed by atoms with Gasteiger partial charge in [0.15, 0.2) is 0 Å². The Morgan fingerprint density at radius 2 is 2.00 bits per heavy atom. The van der Waals surface area contributed by atoms with Gasteiger partial charge in [0.25, 0.3) is 0 Å². The molecule has 0 unspecified atom stereocenters. The molecule has 0 aromatic carbocycles. The van der Waals surface area contributed by atoms with Crippen LogP contribution in [0.3, 0.4) is 0 Å². The van der Waals surface area contributed by atoms with Crippen molar-refractivity contribution in [1.29, 1.82) is 0 Å². The molecule has 1 aromatic heterocycles. The molecule has 1 aliphatic carbocycles. The van der Waals surface area contributed by atoms with Crippen LogP contribution in [0.25, 0.3) is 0 Å². The first-order valence-corrected chi connectivity index (χ1v) is 11.2. The van der Waals surface area contributed by atoms with Crippen molar-refractivity contribution in [2.24, 2.45) is 0 Å². The zero-order valence-corrected chi connectivity index (χ0v) is 17.1. The number of nitrogens with zero attached hydrogens (tertiary/aromatic N) is 2. The van der Waals surface area contributed by atoms with E-state index in [-0.39, 0.29) is 29.1 Å². The SMILES string of the molecule is COC(=O)CNC(=O)CSc1ccc(S(=O)(=O)N(C)C2CCCCC2)cn1. The Kier molecular flexibility index (Phi) is 8.06. The van der Waals surface area contributed by atoms with Gasteiger partial charge in [-0.1, -0.05) is 31.0 Å². The van der Waals surface area contributed by atoms with Crippen LogP contribution in [0, 0.1) is 0 Å². The van der Waals surface area contributed by atoms with Crippen molar-refractivity contribution in [3.63, 3.8) is 0 Å². The summed E-state index contributed by atoms with van der Waals surface area (Å²) in [5.74, 6) is -0.790. The van der Waals surface area contributed by atoms with Gasteiger partial charge < -0.3 is 10.1 Å². The molecule has 1 saturated carbocycles. The number of carbonyl (C=O) groups is 2. The number of nitrogens with one attached hydrogen (secondary N) is 1. The average molecular weight is 416 g/mol. The number of thioether (sulfide) groups is 1. The van der Waals surface area contributed by atoms with E-state index in [1.807, 2.05) is 0 Å². The Hall–Kier alpha value is -1.65. The third-order valence-electron chi connectivity index (χ3n) is 4.48. The molecule has 0 atom stereocenters. The summed E-state index contributed by atoms with van der Waals surface area (Å²) in [7, 11) is -0.708. The highest BCUT2D eigenvalue weighted by Crippen LogP contribution is 2.26. The number of hydrogen-bond acceptors (Lipinski definition) is 7. The lowest BCUT2D eigenvalue weighted by Crippen LogP contribution is -2.38.